The van der Waals surface area contributed by atoms with Crippen LogP contribution in [0, 0.1) is 11.8 Å². The second kappa shape index (κ2) is 9.77. The minimum absolute atomic E-state index is 0.272. The Labute approximate surface area is 128 Å². The predicted octanol–water partition coefficient (Wildman–Crippen LogP) is 2.24. The number of rotatable bonds is 9. The average molecular weight is 299 g/mol. The van der Waals surface area contributed by atoms with Crippen molar-refractivity contribution in [2.24, 2.45) is 11.8 Å². The van der Waals surface area contributed by atoms with Gasteiger partial charge in [0.2, 0.25) is 0 Å². The van der Waals surface area contributed by atoms with Crippen LogP contribution >= 0.6 is 0 Å². The third-order valence-electron chi connectivity index (χ3n) is 3.90. The topological polar surface area (TPSA) is 55.8 Å². The molecule has 0 saturated carbocycles. The zero-order chi connectivity index (χ0) is 15.7. The van der Waals surface area contributed by atoms with Crippen LogP contribution in [0.1, 0.15) is 46.5 Å². The first-order chi connectivity index (χ1) is 10.1. The van der Waals surface area contributed by atoms with Gasteiger partial charge in [-0.25, -0.2) is 0 Å². The molecule has 2 atom stereocenters. The molecule has 1 aliphatic heterocycles. The van der Waals surface area contributed by atoms with Crippen molar-refractivity contribution in [2.75, 3.05) is 32.8 Å². The maximum absolute atomic E-state index is 12.0. The van der Waals surface area contributed by atoms with Crippen LogP contribution in [0.5, 0.6) is 0 Å². The molecule has 0 aliphatic carbocycles. The summed E-state index contributed by atoms with van der Waals surface area (Å²) < 4.78 is 10.2. The Morgan fingerprint density at radius 2 is 1.43 bits per heavy atom. The lowest BCUT2D eigenvalue weighted by Gasteiger charge is -2.15. The summed E-state index contributed by atoms with van der Waals surface area (Å²) in [6.07, 6.45) is 4.74. The largest absolute Gasteiger partial charge is 0.466 e. The van der Waals surface area contributed by atoms with Crippen molar-refractivity contribution in [3.8, 4) is 0 Å². The fourth-order valence-corrected chi connectivity index (χ4v) is 2.81. The molecule has 0 radical (unpaired) electrons. The van der Waals surface area contributed by atoms with E-state index in [4.69, 9.17) is 9.47 Å². The lowest BCUT2D eigenvalue weighted by molar-refractivity contribution is -0.157. The van der Waals surface area contributed by atoms with Gasteiger partial charge in [-0.2, -0.15) is 0 Å². The van der Waals surface area contributed by atoms with Gasteiger partial charge in [0.15, 0.2) is 0 Å². The normalized spacial score (nSPS) is 22.2. The first-order valence-corrected chi connectivity index (χ1v) is 8.19. The Balaban J connectivity index is 2.56. The SMILES string of the molecule is CCCCCCN1CC(C(=O)OCC)C(C(=O)OCC)C1. The quantitative estimate of drug-likeness (QED) is 0.483. The van der Waals surface area contributed by atoms with Crippen LogP contribution in [-0.2, 0) is 19.1 Å². The number of hydrogen-bond donors (Lipinski definition) is 0. The number of unbranched alkanes of at least 4 members (excludes halogenated alkanes) is 3. The zero-order valence-corrected chi connectivity index (χ0v) is 13.6. The summed E-state index contributed by atoms with van der Waals surface area (Å²) in [5.74, 6) is -1.30. The maximum Gasteiger partial charge on any atom is 0.311 e. The summed E-state index contributed by atoms with van der Waals surface area (Å²) in [7, 11) is 0. The molecule has 1 rings (SSSR count). The van der Waals surface area contributed by atoms with Crippen LogP contribution in [0.4, 0.5) is 0 Å². The number of likely N-dealkylation sites (tertiary alicyclic amines) is 1. The first-order valence-electron chi connectivity index (χ1n) is 8.19. The fraction of sp³-hybridized carbons (Fsp3) is 0.875. The third kappa shape index (κ3) is 5.65. The van der Waals surface area contributed by atoms with Crippen molar-refractivity contribution in [3.05, 3.63) is 0 Å². The minimum Gasteiger partial charge on any atom is -0.466 e. The highest BCUT2D eigenvalue weighted by Crippen LogP contribution is 2.26. The van der Waals surface area contributed by atoms with Crippen molar-refractivity contribution in [3.63, 3.8) is 0 Å². The van der Waals surface area contributed by atoms with Gasteiger partial charge >= 0.3 is 11.9 Å². The van der Waals surface area contributed by atoms with Gasteiger partial charge in [-0.3, -0.25) is 9.59 Å². The van der Waals surface area contributed by atoms with E-state index in [-0.39, 0.29) is 23.8 Å². The van der Waals surface area contributed by atoms with E-state index in [0.717, 1.165) is 13.0 Å². The highest BCUT2D eigenvalue weighted by Gasteiger charge is 2.43. The standard InChI is InChI=1S/C16H29NO4/c1-4-7-8-9-10-17-11-13(15(18)20-5-2)14(12-17)16(19)21-6-3/h13-14H,4-12H2,1-3H3. The van der Waals surface area contributed by atoms with Gasteiger partial charge in [-0.1, -0.05) is 26.2 Å². The van der Waals surface area contributed by atoms with Crippen LogP contribution in [0.3, 0.4) is 0 Å². The van der Waals surface area contributed by atoms with Gasteiger partial charge < -0.3 is 14.4 Å². The van der Waals surface area contributed by atoms with Crippen molar-refractivity contribution >= 4 is 11.9 Å². The molecule has 0 aromatic heterocycles. The van der Waals surface area contributed by atoms with E-state index in [1.807, 2.05) is 0 Å². The van der Waals surface area contributed by atoms with Gasteiger partial charge in [0.25, 0.3) is 0 Å². The Bertz CT molecular complexity index is 306. The lowest BCUT2D eigenvalue weighted by Crippen LogP contribution is -2.31. The predicted molar refractivity (Wildman–Crippen MR) is 80.8 cm³/mol. The summed E-state index contributed by atoms with van der Waals surface area (Å²) in [5, 5.41) is 0. The smallest absolute Gasteiger partial charge is 0.311 e. The molecule has 0 amide bonds. The second-order valence-corrected chi connectivity index (χ2v) is 5.54. The zero-order valence-electron chi connectivity index (χ0n) is 13.6. The molecule has 0 N–H and O–H groups in total. The molecular weight excluding hydrogens is 270 g/mol. The maximum atomic E-state index is 12.0. The number of esters is 2. The summed E-state index contributed by atoms with van der Waals surface area (Å²) >= 11 is 0. The molecule has 0 aromatic rings. The van der Waals surface area contributed by atoms with Crippen LogP contribution in [0.15, 0.2) is 0 Å². The number of hydrogen-bond acceptors (Lipinski definition) is 5. The molecule has 21 heavy (non-hydrogen) atoms. The molecule has 0 aromatic carbocycles. The Kier molecular flexibility index (Phi) is 8.35. The molecular formula is C16H29NO4. The number of carbonyl (C=O) groups is 2. The molecule has 1 saturated heterocycles. The Morgan fingerprint density at radius 3 is 1.86 bits per heavy atom. The van der Waals surface area contributed by atoms with Gasteiger partial charge in [-0.05, 0) is 26.8 Å². The summed E-state index contributed by atoms with van der Waals surface area (Å²) in [6.45, 7) is 8.60. The summed E-state index contributed by atoms with van der Waals surface area (Å²) in [6, 6.07) is 0. The van der Waals surface area contributed by atoms with E-state index in [1.165, 1.54) is 19.3 Å². The van der Waals surface area contributed by atoms with E-state index >= 15 is 0 Å². The van der Waals surface area contributed by atoms with E-state index in [9.17, 15) is 9.59 Å². The summed E-state index contributed by atoms with van der Waals surface area (Å²) in [4.78, 5) is 26.3. The van der Waals surface area contributed by atoms with Gasteiger partial charge in [0, 0.05) is 13.1 Å². The molecule has 5 nitrogen and oxygen atoms in total. The van der Waals surface area contributed by atoms with E-state index in [1.54, 1.807) is 13.8 Å². The van der Waals surface area contributed by atoms with Crippen LogP contribution in [0.25, 0.3) is 0 Å². The molecule has 1 heterocycles. The van der Waals surface area contributed by atoms with Gasteiger partial charge in [-0.15, -0.1) is 0 Å². The molecule has 5 heteroatoms. The summed E-state index contributed by atoms with van der Waals surface area (Å²) in [5.41, 5.74) is 0. The van der Waals surface area contributed by atoms with E-state index in [0.29, 0.717) is 26.3 Å². The number of nitrogens with zero attached hydrogens (tertiary/aromatic N) is 1. The average Bonchev–Trinajstić information content (AvgIpc) is 2.88. The van der Waals surface area contributed by atoms with Crippen molar-refractivity contribution in [1.82, 2.24) is 4.90 Å². The van der Waals surface area contributed by atoms with Crippen LogP contribution < -0.4 is 0 Å². The van der Waals surface area contributed by atoms with Crippen LogP contribution in [-0.4, -0.2) is 49.7 Å². The number of ether oxygens (including phenoxy) is 2. The molecule has 2 unspecified atom stereocenters. The fourth-order valence-electron chi connectivity index (χ4n) is 2.81. The first kappa shape index (κ1) is 18.0. The van der Waals surface area contributed by atoms with Crippen molar-refractivity contribution in [2.45, 2.75) is 46.5 Å². The lowest BCUT2D eigenvalue weighted by atomic mass is 9.96. The minimum atomic E-state index is -0.379. The van der Waals surface area contributed by atoms with E-state index in [2.05, 4.69) is 11.8 Å². The van der Waals surface area contributed by atoms with Gasteiger partial charge in [0.1, 0.15) is 0 Å². The van der Waals surface area contributed by atoms with Crippen molar-refractivity contribution < 1.29 is 19.1 Å². The Morgan fingerprint density at radius 1 is 0.905 bits per heavy atom. The van der Waals surface area contributed by atoms with Crippen LogP contribution in [0.2, 0.25) is 0 Å². The van der Waals surface area contributed by atoms with E-state index < -0.39 is 0 Å². The highest BCUT2D eigenvalue weighted by atomic mass is 16.5. The Hall–Kier alpha value is -1.10. The van der Waals surface area contributed by atoms with Crippen molar-refractivity contribution in [1.29, 1.82) is 0 Å². The monoisotopic (exact) mass is 299 g/mol. The number of carbonyl (C=O) groups excluding carboxylic acids is 2. The molecule has 122 valence electrons. The van der Waals surface area contributed by atoms with Gasteiger partial charge in [0.05, 0.1) is 25.0 Å². The molecule has 0 bridgehead atoms. The highest BCUT2D eigenvalue weighted by molar-refractivity contribution is 5.83. The third-order valence-corrected chi connectivity index (χ3v) is 3.90. The molecule has 1 fully saturated rings. The molecule has 0 spiro atoms. The second-order valence-electron chi connectivity index (χ2n) is 5.54. The molecule has 1 aliphatic rings.